The van der Waals surface area contributed by atoms with E-state index < -0.39 is 18.1 Å². The van der Waals surface area contributed by atoms with E-state index in [1.54, 1.807) is 29.5 Å². The fourth-order valence-corrected chi connectivity index (χ4v) is 2.00. The molecular formula is C11H11F3INO4. The summed E-state index contributed by atoms with van der Waals surface area (Å²) < 4.78 is 50.6. The Morgan fingerprint density at radius 1 is 1.45 bits per heavy atom. The number of carbonyl (C=O) groups excluding carboxylic acids is 1. The summed E-state index contributed by atoms with van der Waals surface area (Å²) in [5.74, 6) is -1.37. The van der Waals surface area contributed by atoms with Gasteiger partial charge >= 0.3 is 12.3 Å². The highest BCUT2D eigenvalue weighted by molar-refractivity contribution is 14.1. The topological polar surface area (TPSA) is 57.7 Å². The Morgan fingerprint density at radius 2 is 2.10 bits per heavy atom. The van der Waals surface area contributed by atoms with Crippen molar-refractivity contribution in [1.29, 1.82) is 0 Å². The second kappa shape index (κ2) is 6.95. The lowest BCUT2D eigenvalue weighted by atomic mass is 10.2. The highest BCUT2D eigenvalue weighted by Gasteiger charge is 2.33. The van der Waals surface area contributed by atoms with Crippen LogP contribution in [0.4, 0.5) is 13.2 Å². The molecule has 1 aromatic rings. The van der Waals surface area contributed by atoms with Crippen LogP contribution in [-0.4, -0.2) is 31.0 Å². The molecule has 0 radical (unpaired) electrons. The quantitative estimate of drug-likeness (QED) is 0.429. The van der Waals surface area contributed by atoms with E-state index in [9.17, 15) is 18.0 Å². The van der Waals surface area contributed by atoms with Crippen LogP contribution in [0, 0.1) is 3.70 Å². The second-order valence-electron chi connectivity index (χ2n) is 3.45. The van der Waals surface area contributed by atoms with Crippen molar-refractivity contribution >= 4 is 28.6 Å². The fourth-order valence-electron chi connectivity index (χ4n) is 1.42. The zero-order valence-corrected chi connectivity index (χ0v) is 12.7. The summed E-state index contributed by atoms with van der Waals surface area (Å²) in [7, 11) is 1.18. The lowest BCUT2D eigenvalue weighted by Gasteiger charge is -2.15. The third-order valence-corrected chi connectivity index (χ3v) is 3.03. The number of halogens is 4. The van der Waals surface area contributed by atoms with E-state index in [0.29, 0.717) is 3.70 Å². The molecule has 0 aliphatic rings. The lowest BCUT2D eigenvalue weighted by molar-refractivity contribution is -0.275. The van der Waals surface area contributed by atoms with Crippen LogP contribution < -0.4 is 9.47 Å². The van der Waals surface area contributed by atoms with Gasteiger partial charge in [0.25, 0.3) is 0 Å². The molecule has 0 saturated heterocycles. The molecular weight excluding hydrogens is 394 g/mol. The van der Waals surface area contributed by atoms with Crippen LogP contribution >= 0.6 is 22.6 Å². The summed E-state index contributed by atoms with van der Waals surface area (Å²) in [5, 5.41) is 0. The summed E-state index contributed by atoms with van der Waals surface area (Å²) in [6.45, 7) is 1.80. The minimum absolute atomic E-state index is 0.171. The van der Waals surface area contributed by atoms with E-state index >= 15 is 0 Å². The molecule has 1 rings (SSSR count). The van der Waals surface area contributed by atoms with Crippen molar-refractivity contribution in [2.75, 3.05) is 13.7 Å². The van der Waals surface area contributed by atoms with Gasteiger partial charge in [0.2, 0.25) is 0 Å². The molecule has 20 heavy (non-hydrogen) atoms. The van der Waals surface area contributed by atoms with E-state index in [1.165, 1.54) is 7.11 Å². The maximum absolute atomic E-state index is 12.3. The van der Waals surface area contributed by atoms with Gasteiger partial charge in [0.1, 0.15) is 3.70 Å². The first-order chi connectivity index (χ1) is 9.28. The Bertz CT molecular complexity index is 493. The zero-order chi connectivity index (χ0) is 15.3. The van der Waals surface area contributed by atoms with E-state index in [-0.39, 0.29) is 24.3 Å². The van der Waals surface area contributed by atoms with Crippen molar-refractivity contribution in [2.45, 2.75) is 19.7 Å². The molecule has 0 fully saturated rings. The van der Waals surface area contributed by atoms with Gasteiger partial charge in [-0.05, 0) is 29.5 Å². The summed E-state index contributed by atoms with van der Waals surface area (Å²) in [6, 6.07) is 0. The van der Waals surface area contributed by atoms with Gasteiger partial charge in [-0.1, -0.05) is 0 Å². The Kier molecular flexibility index (Phi) is 5.84. The molecule has 0 aromatic carbocycles. The Labute approximate surface area is 126 Å². The smallest absolute Gasteiger partial charge is 0.492 e. The Hall–Kier alpha value is -1.26. The highest BCUT2D eigenvalue weighted by Crippen LogP contribution is 2.36. The van der Waals surface area contributed by atoms with Gasteiger partial charge in [-0.25, -0.2) is 4.98 Å². The first-order valence-electron chi connectivity index (χ1n) is 5.41. The Morgan fingerprint density at radius 3 is 2.60 bits per heavy atom. The van der Waals surface area contributed by atoms with Crippen molar-refractivity contribution in [3.8, 4) is 11.5 Å². The zero-order valence-electron chi connectivity index (χ0n) is 10.6. The number of alkyl halides is 3. The summed E-state index contributed by atoms with van der Waals surface area (Å²) in [6.07, 6.45) is -4.23. The average Bonchev–Trinajstić information content (AvgIpc) is 2.32. The van der Waals surface area contributed by atoms with Gasteiger partial charge in [0, 0.05) is 5.56 Å². The molecule has 0 saturated carbocycles. The van der Waals surface area contributed by atoms with E-state index in [0.717, 1.165) is 6.20 Å². The second-order valence-corrected chi connectivity index (χ2v) is 4.48. The summed E-state index contributed by atoms with van der Waals surface area (Å²) >= 11 is 1.79. The molecule has 0 unspecified atom stereocenters. The minimum atomic E-state index is -4.87. The van der Waals surface area contributed by atoms with Crippen LogP contribution in [0.15, 0.2) is 6.20 Å². The average molecular weight is 405 g/mol. The maximum Gasteiger partial charge on any atom is 0.573 e. The van der Waals surface area contributed by atoms with Gasteiger partial charge < -0.3 is 14.2 Å². The van der Waals surface area contributed by atoms with Gasteiger partial charge in [-0.15, -0.1) is 13.2 Å². The van der Waals surface area contributed by atoms with Gasteiger partial charge in [0.15, 0.2) is 11.5 Å². The first-order valence-corrected chi connectivity index (χ1v) is 6.49. The van der Waals surface area contributed by atoms with Gasteiger partial charge in [-0.2, -0.15) is 0 Å². The van der Waals surface area contributed by atoms with Gasteiger partial charge in [0.05, 0.1) is 26.3 Å². The molecule has 0 aliphatic heterocycles. The normalized spacial score (nSPS) is 11.1. The lowest BCUT2D eigenvalue weighted by Crippen LogP contribution is -2.19. The molecule has 0 atom stereocenters. The predicted molar refractivity (Wildman–Crippen MR) is 70.5 cm³/mol. The monoisotopic (exact) mass is 405 g/mol. The number of carbonyl (C=O) groups is 1. The van der Waals surface area contributed by atoms with E-state index in [1.807, 2.05) is 0 Å². The highest BCUT2D eigenvalue weighted by atomic mass is 127. The van der Waals surface area contributed by atoms with Crippen LogP contribution in [0.5, 0.6) is 11.5 Å². The van der Waals surface area contributed by atoms with Crippen LogP contribution in [0.2, 0.25) is 0 Å². The first kappa shape index (κ1) is 16.8. The third-order valence-electron chi connectivity index (χ3n) is 2.10. The molecule has 9 heteroatoms. The largest absolute Gasteiger partial charge is 0.573 e. The summed E-state index contributed by atoms with van der Waals surface area (Å²) in [5.41, 5.74) is 0.188. The van der Waals surface area contributed by atoms with Crippen LogP contribution in [0.25, 0.3) is 0 Å². The number of hydrogen-bond acceptors (Lipinski definition) is 5. The van der Waals surface area contributed by atoms with Crippen molar-refractivity contribution in [1.82, 2.24) is 4.98 Å². The van der Waals surface area contributed by atoms with Gasteiger partial charge in [-0.3, -0.25) is 4.79 Å². The number of hydrogen-bond donors (Lipinski definition) is 0. The number of esters is 1. The maximum atomic E-state index is 12.3. The minimum Gasteiger partial charge on any atom is -0.492 e. The third kappa shape index (κ3) is 4.69. The number of pyridine rings is 1. The molecule has 0 amide bonds. The van der Waals surface area contributed by atoms with E-state index in [4.69, 9.17) is 9.47 Å². The van der Waals surface area contributed by atoms with Crippen LogP contribution in [-0.2, 0) is 16.0 Å². The predicted octanol–water partition coefficient (Wildman–Crippen LogP) is 2.70. The van der Waals surface area contributed by atoms with Crippen LogP contribution in [0.1, 0.15) is 12.5 Å². The van der Waals surface area contributed by atoms with Crippen molar-refractivity contribution in [3.05, 3.63) is 15.5 Å². The van der Waals surface area contributed by atoms with Crippen molar-refractivity contribution in [2.24, 2.45) is 0 Å². The molecule has 1 aromatic heterocycles. The Balaban J connectivity index is 3.14. The number of methoxy groups -OCH3 is 1. The molecule has 1 heterocycles. The number of nitrogens with zero attached hydrogens (tertiary/aromatic N) is 1. The molecule has 0 aliphatic carbocycles. The van der Waals surface area contributed by atoms with Crippen molar-refractivity contribution in [3.63, 3.8) is 0 Å². The SMILES string of the molecule is CCOC(=O)Cc1c(I)ncc(OC(F)(F)F)c1OC. The molecule has 0 bridgehead atoms. The molecule has 0 spiro atoms. The molecule has 112 valence electrons. The molecule has 0 N–H and O–H groups in total. The van der Waals surface area contributed by atoms with Crippen LogP contribution in [0.3, 0.4) is 0 Å². The standard InChI is InChI=1S/C11H11F3INO4/c1-3-19-8(17)4-6-9(18-2)7(5-16-10(6)15)20-11(12,13)14/h5H,3-4H2,1-2H3. The summed E-state index contributed by atoms with van der Waals surface area (Å²) in [4.78, 5) is 15.2. The number of ether oxygens (including phenoxy) is 3. The fraction of sp³-hybridized carbons (Fsp3) is 0.455. The van der Waals surface area contributed by atoms with E-state index in [2.05, 4.69) is 9.72 Å². The number of rotatable bonds is 5. The van der Waals surface area contributed by atoms with Crippen molar-refractivity contribution < 1.29 is 32.2 Å². The molecule has 5 nitrogen and oxygen atoms in total. The number of aromatic nitrogens is 1.